The van der Waals surface area contributed by atoms with E-state index >= 15 is 0 Å². The highest BCUT2D eigenvalue weighted by molar-refractivity contribution is 7.79. The number of fused-ring (bicyclic) bond motifs is 1. The molecule has 1 aromatic heterocycles. The highest BCUT2D eigenvalue weighted by atomic mass is 32.2. The van der Waals surface area contributed by atoms with Crippen LogP contribution in [0, 0.1) is 0 Å². The zero-order chi connectivity index (χ0) is 9.26. The average Bonchev–Trinajstić information content (AvgIpc) is 2.17. The van der Waals surface area contributed by atoms with E-state index in [0.717, 1.165) is 10.9 Å². The topological polar surface area (TPSA) is 50.2 Å². The van der Waals surface area contributed by atoms with Gasteiger partial charge in [-0.2, -0.15) is 0 Å². The van der Waals surface area contributed by atoms with E-state index in [1.807, 2.05) is 24.3 Å². The Hall–Kier alpha value is -1.26. The van der Waals surface area contributed by atoms with Crippen LogP contribution in [0.1, 0.15) is 0 Å². The first-order chi connectivity index (χ1) is 6.27. The molecule has 1 unspecified atom stereocenters. The Morgan fingerprint density at radius 1 is 1.15 bits per heavy atom. The van der Waals surface area contributed by atoms with E-state index in [-0.39, 0.29) is 5.03 Å². The summed E-state index contributed by atoms with van der Waals surface area (Å²) in [4.78, 5) is 4.02. The minimum absolute atomic E-state index is 0.193. The Labute approximate surface area is 77.7 Å². The van der Waals surface area contributed by atoms with Gasteiger partial charge in [0.05, 0.1) is 5.52 Å². The maximum absolute atomic E-state index is 10.7. The molecule has 0 aliphatic rings. The van der Waals surface area contributed by atoms with Crippen molar-refractivity contribution >= 4 is 22.0 Å². The van der Waals surface area contributed by atoms with E-state index in [1.165, 1.54) is 0 Å². The summed E-state index contributed by atoms with van der Waals surface area (Å²) in [6.45, 7) is 0. The van der Waals surface area contributed by atoms with E-state index in [2.05, 4.69) is 4.98 Å². The van der Waals surface area contributed by atoms with Crippen LogP contribution in [0.2, 0.25) is 0 Å². The largest absolute Gasteiger partial charge is 0.301 e. The summed E-state index contributed by atoms with van der Waals surface area (Å²) in [5, 5.41) is 1.16. The van der Waals surface area contributed by atoms with Gasteiger partial charge in [-0.05, 0) is 18.2 Å². The second kappa shape index (κ2) is 3.24. The molecular weight excluding hydrogens is 186 g/mol. The SMILES string of the molecule is O=S(O)c1ccc2ccccc2n1. The molecule has 1 aromatic carbocycles. The molecular formula is C9H7NO2S. The van der Waals surface area contributed by atoms with Crippen molar-refractivity contribution in [2.45, 2.75) is 5.03 Å². The molecule has 0 spiro atoms. The predicted molar refractivity (Wildman–Crippen MR) is 50.8 cm³/mol. The van der Waals surface area contributed by atoms with Crippen molar-refractivity contribution < 1.29 is 8.76 Å². The second-order valence-corrected chi connectivity index (χ2v) is 3.51. The van der Waals surface area contributed by atoms with Gasteiger partial charge in [0.1, 0.15) is 0 Å². The lowest BCUT2D eigenvalue weighted by Gasteiger charge is -1.97. The standard InChI is InChI=1S/C9H7NO2S/c11-13(12)9-6-5-7-3-1-2-4-8(7)10-9/h1-6H,(H,11,12). The molecule has 0 saturated heterocycles. The summed E-state index contributed by atoms with van der Waals surface area (Å²) >= 11 is -2.00. The molecule has 0 aliphatic heterocycles. The van der Waals surface area contributed by atoms with Crippen LogP contribution in [0.25, 0.3) is 10.9 Å². The maximum Gasteiger partial charge on any atom is 0.205 e. The van der Waals surface area contributed by atoms with Gasteiger partial charge in [0.15, 0.2) is 5.03 Å². The molecule has 1 heterocycles. The van der Waals surface area contributed by atoms with Crippen molar-refractivity contribution in [2.24, 2.45) is 0 Å². The number of pyridine rings is 1. The summed E-state index contributed by atoms with van der Waals surface area (Å²) in [6, 6.07) is 10.8. The summed E-state index contributed by atoms with van der Waals surface area (Å²) < 4.78 is 19.5. The Kier molecular flexibility index (Phi) is 2.08. The van der Waals surface area contributed by atoms with E-state index < -0.39 is 11.1 Å². The van der Waals surface area contributed by atoms with E-state index in [1.54, 1.807) is 12.1 Å². The Morgan fingerprint density at radius 3 is 2.69 bits per heavy atom. The first-order valence-corrected chi connectivity index (χ1v) is 4.85. The Balaban J connectivity index is 2.69. The molecule has 13 heavy (non-hydrogen) atoms. The fraction of sp³-hybridized carbons (Fsp3) is 0. The number of nitrogens with zero attached hydrogens (tertiary/aromatic N) is 1. The average molecular weight is 193 g/mol. The van der Waals surface area contributed by atoms with E-state index in [9.17, 15) is 4.21 Å². The van der Waals surface area contributed by atoms with Gasteiger partial charge in [-0.25, -0.2) is 9.19 Å². The quantitative estimate of drug-likeness (QED) is 0.703. The van der Waals surface area contributed by atoms with Gasteiger partial charge in [0.2, 0.25) is 11.1 Å². The van der Waals surface area contributed by atoms with Crippen LogP contribution in [0.3, 0.4) is 0 Å². The molecule has 0 saturated carbocycles. The minimum atomic E-state index is -2.00. The normalized spacial score (nSPS) is 13.0. The van der Waals surface area contributed by atoms with Crippen molar-refractivity contribution in [2.75, 3.05) is 0 Å². The molecule has 0 amide bonds. The smallest absolute Gasteiger partial charge is 0.205 e. The molecule has 1 N–H and O–H groups in total. The third kappa shape index (κ3) is 1.59. The van der Waals surface area contributed by atoms with Crippen LogP contribution in [0.4, 0.5) is 0 Å². The molecule has 66 valence electrons. The lowest BCUT2D eigenvalue weighted by molar-refractivity contribution is 0.561. The number of aromatic nitrogens is 1. The lowest BCUT2D eigenvalue weighted by Crippen LogP contribution is -1.92. The van der Waals surface area contributed by atoms with Crippen molar-refractivity contribution in [3.63, 3.8) is 0 Å². The monoisotopic (exact) mass is 193 g/mol. The zero-order valence-electron chi connectivity index (χ0n) is 6.68. The number of para-hydroxylation sites is 1. The zero-order valence-corrected chi connectivity index (χ0v) is 7.49. The van der Waals surface area contributed by atoms with Gasteiger partial charge in [-0.3, -0.25) is 0 Å². The molecule has 4 heteroatoms. The van der Waals surface area contributed by atoms with Crippen LogP contribution >= 0.6 is 0 Å². The van der Waals surface area contributed by atoms with Crippen LogP contribution in [0.15, 0.2) is 41.4 Å². The van der Waals surface area contributed by atoms with Gasteiger partial charge >= 0.3 is 0 Å². The van der Waals surface area contributed by atoms with Gasteiger partial charge in [0, 0.05) is 5.39 Å². The van der Waals surface area contributed by atoms with Gasteiger partial charge in [-0.1, -0.05) is 18.2 Å². The molecule has 0 bridgehead atoms. The molecule has 0 fully saturated rings. The van der Waals surface area contributed by atoms with Gasteiger partial charge in [-0.15, -0.1) is 0 Å². The molecule has 2 rings (SSSR count). The second-order valence-electron chi connectivity index (χ2n) is 2.59. The lowest BCUT2D eigenvalue weighted by atomic mass is 10.2. The number of hydrogen-bond acceptors (Lipinski definition) is 2. The maximum atomic E-state index is 10.7. The summed E-state index contributed by atoms with van der Waals surface area (Å²) in [6.07, 6.45) is 0. The van der Waals surface area contributed by atoms with Crippen LogP contribution < -0.4 is 0 Å². The minimum Gasteiger partial charge on any atom is -0.301 e. The third-order valence-corrected chi connectivity index (χ3v) is 2.34. The number of hydrogen-bond donors (Lipinski definition) is 1. The molecule has 2 aromatic rings. The summed E-state index contributed by atoms with van der Waals surface area (Å²) in [5.41, 5.74) is 0.738. The first-order valence-electron chi connectivity index (χ1n) is 3.74. The summed E-state index contributed by atoms with van der Waals surface area (Å²) in [5.74, 6) is 0. The number of benzene rings is 1. The third-order valence-electron chi connectivity index (χ3n) is 1.75. The molecule has 1 atom stereocenters. The Morgan fingerprint density at radius 2 is 1.92 bits per heavy atom. The van der Waals surface area contributed by atoms with Crippen LogP contribution in [0.5, 0.6) is 0 Å². The first kappa shape index (κ1) is 8.34. The van der Waals surface area contributed by atoms with Crippen molar-refractivity contribution in [1.29, 1.82) is 0 Å². The van der Waals surface area contributed by atoms with E-state index in [4.69, 9.17) is 4.55 Å². The highest BCUT2D eigenvalue weighted by Gasteiger charge is 2.01. The molecule has 3 nitrogen and oxygen atoms in total. The molecule has 0 radical (unpaired) electrons. The van der Waals surface area contributed by atoms with Crippen molar-refractivity contribution in [3.8, 4) is 0 Å². The van der Waals surface area contributed by atoms with Crippen molar-refractivity contribution in [1.82, 2.24) is 4.98 Å². The highest BCUT2D eigenvalue weighted by Crippen LogP contribution is 2.12. The van der Waals surface area contributed by atoms with Crippen LogP contribution in [-0.2, 0) is 11.1 Å². The molecule has 0 aliphatic carbocycles. The van der Waals surface area contributed by atoms with Crippen molar-refractivity contribution in [3.05, 3.63) is 36.4 Å². The predicted octanol–water partition coefficient (Wildman–Crippen LogP) is 1.82. The number of rotatable bonds is 1. The fourth-order valence-electron chi connectivity index (χ4n) is 1.14. The fourth-order valence-corrected chi connectivity index (χ4v) is 1.51. The van der Waals surface area contributed by atoms with Gasteiger partial charge in [0.25, 0.3) is 0 Å². The Bertz CT molecular complexity index is 470. The van der Waals surface area contributed by atoms with Gasteiger partial charge < -0.3 is 4.55 Å². The summed E-state index contributed by atoms with van der Waals surface area (Å²) in [7, 11) is 0. The van der Waals surface area contributed by atoms with E-state index in [0.29, 0.717) is 0 Å². The van der Waals surface area contributed by atoms with Crippen LogP contribution in [-0.4, -0.2) is 13.7 Å².